The zero-order valence-corrected chi connectivity index (χ0v) is 46.5. The van der Waals surface area contributed by atoms with Gasteiger partial charge < -0.3 is 58.0 Å². The maximum absolute atomic E-state index is 14.7. The predicted octanol–water partition coefficient (Wildman–Crippen LogP) is 4.99. The Morgan fingerprint density at radius 1 is 0.744 bits per heavy atom. The first kappa shape index (κ1) is 58.0. The number of imide groups is 2. The first-order valence-electron chi connectivity index (χ1n) is 27.2. The number of fused-ring (bicyclic) bond motifs is 1. The minimum atomic E-state index is -1.31. The molecule has 7 atom stereocenters. The highest BCUT2D eigenvalue weighted by Gasteiger charge is 2.47. The molecule has 0 bridgehead atoms. The number of ether oxygens (including phenoxy) is 8. The van der Waals surface area contributed by atoms with Crippen LogP contribution in [-0.4, -0.2) is 131 Å². The number of piperidine rings is 2. The summed E-state index contributed by atoms with van der Waals surface area (Å²) in [7, 11) is 7.64. The van der Waals surface area contributed by atoms with Crippen molar-refractivity contribution in [3.05, 3.63) is 130 Å². The molecule has 5 aromatic carbocycles. The van der Waals surface area contributed by atoms with Crippen LogP contribution >= 0.6 is 0 Å². The molecule has 3 fully saturated rings. The quantitative estimate of drug-likeness (QED) is 0.0513. The number of carbonyl (C=O) groups is 7. The molecule has 5 unspecified atom stereocenters. The van der Waals surface area contributed by atoms with Crippen molar-refractivity contribution < 1.29 is 76.6 Å². The molecule has 0 radical (unpaired) electrons. The van der Waals surface area contributed by atoms with Gasteiger partial charge in [-0.25, -0.2) is 0 Å². The monoisotopic (exact) mass is 1120 g/mol. The largest absolute Gasteiger partial charge is 0.548 e. The van der Waals surface area contributed by atoms with Crippen molar-refractivity contribution in [1.29, 1.82) is 0 Å². The topological polar surface area (TPSA) is 262 Å². The number of nitrogens with one attached hydrogen (secondary N) is 3. The molecule has 0 spiro atoms. The molecule has 6 amide bonds. The van der Waals surface area contributed by atoms with Crippen LogP contribution in [0.1, 0.15) is 87.9 Å². The predicted molar refractivity (Wildman–Crippen MR) is 294 cm³/mol. The molecule has 21 heteroatoms. The van der Waals surface area contributed by atoms with E-state index in [1.54, 1.807) is 44.6 Å². The minimum absolute atomic E-state index is 0.00706. The van der Waals surface area contributed by atoms with Gasteiger partial charge in [-0.3, -0.25) is 44.3 Å². The highest BCUT2D eigenvalue weighted by atomic mass is 16.6. The van der Waals surface area contributed by atoms with Gasteiger partial charge in [0.25, 0.3) is 17.7 Å². The van der Waals surface area contributed by atoms with Crippen LogP contribution in [-0.2, 0) is 48.1 Å². The van der Waals surface area contributed by atoms with Gasteiger partial charge >= 0.3 is 0 Å². The molecular formula is C61H66N5O16-. The summed E-state index contributed by atoms with van der Waals surface area (Å²) < 4.78 is 45.7. The van der Waals surface area contributed by atoms with Crippen LogP contribution in [0.3, 0.4) is 0 Å². The van der Waals surface area contributed by atoms with Crippen LogP contribution in [0.2, 0.25) is 0 Å². The van der Waals surface area contributed by atoms with E-state index in [2.05, 4.69) is 16.0 Å². The first-order chi connectivity index (χ1) is 39.7. The van der Waals surface area contributed by atoms with Gasteiger partial charge in [0.15, 0.2) is 29.6 Å². The molecule has 3 saturated heterocycles. The van der Waals surface area contributed by atoms with Crippen molar-refractivity contribution in [3.8, 4) is 40.2 Å². The van der Waals surface area contributed by atoms with Crippen LogP contribution in [0, 0.1) is 11.8 Å². The van der Waals surface area contributed by atoms with Crippen LogP contribution in [0.4, 0.5) is 5.69 Å². The Kier molecular flexibility index (Phi) is 18.3. The van der Waals surface area contributed by atoms with Crippen molar-refractivity contribution in [3.63, 3.8) is 0 Å². The summed E-state index contributed by atoms with van der Waals surface area (Å²) in [5, 5.41) is 21.8. The fraction of sp³-hybridized carbons (Fsp3) is 0.393. The Labute approximate surface area is 474 Å². The van der Waals surface area contributed by atoms with Gasteiger partial charge in [-0.15, -0.1) is 0 Å². The lowest BCUT2D eigenvalue weighted by Crippen LogP contribution is -2.59. The second kappa shape index (κ2) is 25.8. The van der Waals surface area contributed by atoms with E-state index in [9.17, 15) is 38.7 Å². The fourth-order valence-corrected chi connectivity index (χ4v) is 11.4. The smallest absolute Gasteiger partial charge is 0.266 e. The van der Waals surface area contributed by atoms with E-state index in [4.69, 9.17) is 37.9 Å². The van der Waals surface area contributed by atoms with E-state index in [1.165, 1.54) is 44.4 Å². The average Bonchev–Trinajstić information content (AvgIpc) is 4.30. The van der Waals surface area contributed by atoms with Crippen LogP contribution < -0.4 is 54.2 Å². The second-order valence-electron chi connectivity index (χ2n) is 20.5. The summed E-state index contributed by atoms with van der Waals surface area (Å²) in [5.74, 6) is -3.32. The normalized spacial score (nSPS) is 20.0. The van der Waals surface area contributed by atoms with Crippen molar-refractivity contribution in [2.75, 3.05) is 60.6 Å². The number of hydrogen-bond acceptors (Lipinski definition) is 17. The number of likely N-dealkylation sites (tertiary alicyclic amines) is 1. The molecule has 432 valence electrons. The van der Waals surface area contributed by atoms with Gasteiger partial charge in [-0.05, 0) is 133 Å². The van der Waals surface area contributed by atoms with Crippen LogP contribution in [0.15, 0.2) is 97.1 Å². The Morgan fingerprint density at radius 3 is 2.13 bits per heavy atom. The fourth-order valence-electron chi connectivity index (χ4n) is 11.4. The lowest BCUT2D eigenvalue weighted by molar-refractivity contribution is -0.314. The number of epoxide rings is 1. The SMILES string of the molecule is CC[C@H](C(=O)N1CCCC(C(Cc2ccc(OCC3OC3NCc3cccc(NC(=O)COc4cccc5c4C(=O)N(C4CCC(=O)NC4=O)C5=O)c3)cc2)Cc2ccc(OC)c(OC)c2)[C@H]1C(=O)[O-])c1cc(OC)c(OC)c(OC)c1. The molecule has 3 N–H and O–H groups in total. The van der Waals surface area contributed by atoms with E-state index < -0.39 is 66.0 Å². The zero-order valence-electron chi connectivity index (χ0n) is 46.5. The number of hydrogen-bond donors (Lipinski definition) is 3. The highest BCUT2D eigenvalue weighted by Crippen LogP contribution is 2.43. The number of nitrogens with zero attached hydrogens (tertiary/aromatic N) is 2. The van der Waals surface area contributed by atoms with Crippen molar-refractivity contribution in [2.24, 2.45) is 11.8 Å². The molecular weight excluding hydrogens is 1060 g/mol. The van der Waals surface area contributed by atoms with E-state index in [1.807, 2.05) is 55.5 Å². The molecule has 4 aliphatic rings. The maximum Gasteiger partial charge on any atom is 0.266 e. The number of carboxylic acid groups (broad SMARTS) is 1. The summed E-state index contributed by atoms with van der Waals surface area (Å²) in [6, 6.07) is 26.1. The number of methoxy groups -OCH3 is 5. The van der Waals surface area contributed by atoms with Crippen molar-refractivity contribution >= 4 is 47.1 Å². The van der Waals surface area contributed by atoms with E-state index in [-0.39, 0.29) is 67.0 Å². The average molecular weight is 1130 g/mol. The molecule has 82 heavy (non-hydrogen) atoms. The Hall–Kier alpha value is -8.69. The zero-order chi connectivity index (χ0) is 58.2. The van der Waals surface area contributed by atoms with E-state index in [0.717, 1.165) is 21.6 Å². The van der Waals surface area contributed by atoms with Crippen molar-refractivity contribution in [2.45, 2.75) is 88.7 Å². The minimum Gasteiger partial charge on any atom is -0.548 e. The molecule has 0 aromatic heterocycles. The van der Waals surface area contributed by atoms with Crippen LogP contribution in [0.5, 0.6) is 40.2 Å². The van der Waals surface area contributed by atoms with E-state index >= 15 is 0 Å². The third-order valence-corrected chi connectivity index (χ3v) is 15.5. The summed E-state index contributed by atoms with van der Waals surface area (Å²) in [6.45, 7) is 2.34. The number of rotatable bonds is 25. The summed E-state index contributed by atoms with van der Waals surface area (Å²) >= 11 is 0. The third-order valence-electron chi connectivity index (χ3n) is 15.5. The van der Waals surface area contributed by atoms with Crippen molar-refractivity contribution in [1.82, 2.24) is 20.4 Å². The standard InChI is InChI=1S/C61H67N5O16/c1-7-41(38-29-48(77-4)55(79-6)49(30-38)78-5)58(70)65-24-10-14-42(54(65)61(73)74)37(26-35-18-22-45(75-2)47(28-35)76-3)25-34-16-19-40(20-17-34)80-32-50-57(82-50)62-31-36-11-8-12-39(27-36)63-52(68)33-81-46-15-9-13-43-53(46)60(72)66(59(43)71)44-21-23-51(67)64-56(44)69/h8-9,11-13,15-20,22,27-30,37,41-42,44,50,54,57,62H,7,10,14,21,23-26,31-33H2,1-6H3,(H,63,68)(H,73,74)(H,64,67,69)/p-1/t37?,41-,42?,44?,50?,54-,57?/m0/s1. The summed E-state index contributed by atoms with van der Waals surface area (Å²) in [4.78, 5) is 94.4. The highest BCUT2D eigenvalue weighted by molar-refractivity contribution is 6.24. The van der Waals surface area contributed by atoms with Gasteiger partial charge in [0.1, 0.15) is 36.5 Å². The van der Waals surface area contributed by atoms with Gasteiger partial charge in [-0.2, -0.15) is 0 Å². The molecule has 21 nitrogen and oxygen atoms in total. The molecule has 0 aliphatic carbocycles. The Bertz CT molecular complexity index is 3200. The first-order valence-corrected chi connectivity index (χ1v) is 27.2. The second-order valence-corrected chi connectivity index (χ2v) is 20.5. The van der Waals surface area contributed by atoms with E-state index in [0.29, 0.717) is 84.4 Å². The number of aliphatic carboxylic acids is 1. The molecule has 5 aromatic rings. The third kappa shape index (κ3) is 12.7. The molecule has 4 aliphatic heterocycles. The summed E-state index contributed by atoms with van der Waals surface area (Å²) in [5.41, 5.74) is 3.81. The van der Waals surface area contributed by atoms with Gasteiger partial charge in [0.05, 0.1) is 64.6 Å². The maximum atomic E-state index is 14.7. The van der Waals surface area contributed by atoms with Gasteiger partial charge in [0.2, 0.25) is 23.5 Å². The number of carboxylic acids is 1. The number of anilines is 1. The number of amides is 6. The lowest BCUT2D eigenvalue weighted by Gasteiger charge is -2.46. The Morgan fingerprint density at radius 2 is 1.45 bits per heavy atom. The molecule has 4 heterocycles. The van der Waals surface area contributed by atoms with Gasteiger partial charge in [-0.1, -0.05) is 43.3 Å². The summed E-state index contributed by atoms with van der Waals surface area (Å²) in [6.07, 6.45) is 1.97. The van der Waals surface area contributed by atoms with Crippen LogP contribution in [0.25, 0.3) is 0 Å². The lowest BCUT2D eigenvalue weighted by atomic mass is 9.73. The Balaban J connectivity index is 0.796. The molecule has 9 rings (SSSR count). The number of benzene rings is 5. The van der Waals surface area contributed by atoms with Gasteiger partial charge in [0, 0.05) is 25.2 Å². The number of carbonyl (C=O) groups excluding carboxylic acids is 7. The molecule has 0 saturated carbocycles.